The average molecular weight is 271 g/mol. The second-order valence-corrected chi connectivity index (χ2v) is 5.12. The molecule has 6 nitrogen and oxygen atoms in total. The van der Waals surface area contributed by atoms with Crippen molar-refractivity contribution in [3.63, 3.8) is 0 Å². The summed E-state index contributed by atoms with van der Waals surface area (Å²) in [6.45, 7) is 3.53. The van der Waals surface area contributed by atoms with Gasteiger partial charge in [-0.05, 0) is 25.3 Å². The van der Waals surface area contributed by atoms with Crippen LogP contribution in [0, 0.1) is 6.92 Å². The fraction of sp³-hybridized carbons (Fsp3) is 0.429. The van der Waals surface area contributed by atoms with Crippen LogP contribution in [-0.2, 0) is 6.54 Å². The van der Waals surface area contributed by atoms with Gasteiger partial charge in [0.1, 0.15) is 5.69 Å². The van der Waals surface area contributed by atoms with Crippen LogP contribution in [0.15, 0.2) is 31.0 Å². The van der Waals surface area contributed by atoms with Crippen molar-refractivity contribution in [3.05, 3.63) is 42.2 Å². The van der Waals surface area contributed by atoms with Crippen LogP contribution in [-0.4, -0.2) is 43.1 Å². The Morgan fingerprint density at radius 1 is 1.40 bits per heavy atom. The summed E-state index contributed by atoms with van der Waals surface area (Å²) in [5.41, 5.74) is 1.55. The zero-order valence-corrected chi connectivity index (χ0v) is 11.4. The highest BCUT2D eigenvalue weighted by Gasteiger charge is 2.30. The lowest BCUT2D eigenvalue weighted by Gasteiger charge is -2.24. The number of carbonyl (C=O) groups excluding carboxylic acids is 1. The van der Waals surface area contributed by atoms with Gasteiger partial charge in [0.05, 0.1) is 25.0 Å². The van der Waals surface area contributed by atoms with Crippen molar-refractivity contribution in [3.8, 4) is 0 Å². The first-order valence-electron chi connectivity index (χ1n) is 6.80. The molecule has 1 amide bonds. The van der Waals surface area contributed by atoms with Crippen LogP contribution in [0.5, 0.6) is 0 Å². The predicted molar refractivity (Wildman–Crippen MR) is 73.1 cm³/mol. The number of likely N-dealkylation sites (tertiary alicyclic amines) is 1. The van der Waals surface area contributed by atoms with Crippen molar-refractivity contribution in [2.24, 2.45) is 0 Å². The Hall–Kier alpha value is -2.24. The van der Waals surface area contributed by atoms with Gasteiger partial charge >= 0.3 is 0 Å². The summed E-state index contributed by atoms with van der Waals surface area (Å²) in [4.78, 5) is 22.4. The number of hydrogen-bond acceptors (Lipinski definition) is 4. The fourth-order valence-electron chi connectivity index (χ4n) is 2.63. The Morgan fingerprint density at radius 3 is 3.00 bits per heavy atom. The molecule has 0 spiro atoms. The quantitative estimate of drug-likeness (QED) is 0.843. The smallest absolute Gasteiger partial charge is 0.274 e. The van der Waals surface area contributed by atoms with E-state index in [1.165, 1.54) is 6.20 Å². The third kappa shape index (κ3) is 2.54. The molecule has 0 aliphatic carbocycles. The highest BCUT2D eigenvalue weighted by Crippen LogP contribution is 2.20. The lowest BCUT2D eigenvalue weighted by molar-refractivity contribution is 0.0715. The Labute approximate surface area is 117 Å². The molecule has 3 rings (SSSR count). The fourth-order valence-corrected chi connectivity index (χ4v) is 2.63. The Kier molecular flexibility index (Phi) is 3.45. The van der Waals surface area contributed by atoms with Gasteiger partial charge in [0.15, 0.2) is 0 Å². The number of aromatic nitrogens is 4. The summed E-state index contributed by atoms with van der Waals surface area (Å²) in [5.74, 6) is -0.0375. The molecule has 0 aromatic carbocycles. The van der Waals surface area contributed by atoms with Crippen LogP contribution in [0.3, 0.4) is 0 Å². The monoisotopic (exact) mass is 271 g/mol. The largest absolute Gasteiger partial charge is 0.332 e. The molecular weight excluding hydrogens is 254 g/mol. The first-order valence-corrected chi connectivity index (χ1v) is 6.80. The number of nitrogens with zero attached hydrogens (tertiary/aromatic N) is 5. The Morgan fingerprint density at radius 2 is 2.30 bits per heavy atom. The zero-order valence-electron chi connectivity index (χ0n) is 11.4. The standard InChI is InChI=1S/C14H17N5O/c1-11-7-17-18(9-11)10-12-3-2-6-19(12)14(20)13-8-15-4-5-16-13/h4-5,7-9,12H,2-3,6,10H2,1H3/t12-/m1/s1. The number of hydrogen-bond donors (Lipinski definition) is 0. The van der Waals surface area contributed by atoms with Gasteiger partial charge in [0.25, 0.3) is 5.91 Å². The minimum Gasteiger partial charge on any atom is -0.332 e. The van der Waals surface area contributed by atoms with Crippen LogP contribution in [0.1, 0.15) is 28.9 Å². The maximum Gasteiger partial charge on any atom is 0.274 e. The van der Waals surface area contributed by atoms with Gasteiger partial charge in [-0.15, -0.1) is 0 Å². The highest BCUT2D eigenvalue weighted by molar-refractivity contribution is 5.92. The van der Waals surface area contributed by atoms with Crippen molar-refractivity contribution >= 4 is 5.91 Å². The summed E-state index contributed by atoms with van der Waals surface area (Å²) < 4.78 is 1.91. The molecule has 2 aromatic heterocycles. The Bertz CT molecular complexity index is 595. The molecule has 1 aliphatic heterocycles. The van der Waals surface area contributed by atoms with E-state index < -0.39 is 0 Å². The third-order valence-electron chi connectivity index (χ3n) is 3.58. The number of rotatable bonds is 3. The van der Waals surface area contributed by atoms with E-state index in [9.17, 15) is 4.79 Å². The summed E-state index contributed by atoms with van der Waals surface area (Å²) in [6.07, 6.45) is 10.5. The molecule has 0 saturated carbocycles. The van der Waals surface area contributed by atoms with E-state index in [2.05, 4.69) is 15.1 Å². The maximum absolute atomic E-state index is 12.4. The second-order valence-electron chi connectivity index (χ2n) is 5.12. The van der Waals surface area contributed by atoms with Crippen molar-refractivity contribution < 1.29 is 4.79 Å². The molecule has 6 heteroatoms. The minimum atomic E-state index is -0.0375. The van der Waals surface area contributed by atoms with Gasteiger partial charge < -0.3 is 4.90 Å². The van der Waals surface area contributed by atoms with E-state index in [0.29, 0.717) is 5.69 Å². The van der Waals surface area contributed by atoms with E-state index in [1.54, 1.807) is 12.4 Å². The molecule has 0 N–H and O–H groups in total. The lowest BCUT2D eigenvalue weighted by Crippen LogP contribution is -2.38. The molecule has 1 aliphatic rings. The van der Waals surface area contributed by atoms with Crippen LogP contribution in [0.25, 0.3) is 0 Å². The molecule has 0 bridgehead atoms. The maximum atomic E-state index is 12.4. The first kappa shape index (κ1) is 12.8. The van der Waals surface area contributed by atoms with Crippen molar-refractivity contribution in [1.29, 1.82) is 0 Å². The zero-order chi connectivity index (χ0) is 13.9. The third-order valence-corrected chi connectivity index (χ3v) is 3.58. The van der Waals surface area contributed by atoms with E-state index in [1.807, 2.05) is 28.9 Å². The first-order chi connectivity index (χ1) is 9.74. The molecule has 1 fully saturated rings. The van der Waals surface area contributed by atoms with Crippen molar-refractivity contribution in [2.75, 3.05) is 6.54 Å². The van der Waals surface area contributed by atoms with Gasteiger partial charge in [-0.3, -0.25) is 14.5 Å². The molecular formula is C14H17N5O. The highest BCUT2D eigenvalue weighted by atomic mass is 16.2. The van der Waals surface area contributed by atoms with Crippen LogP contribution >= 0.6 is 0 Å². The number of aryl methyl sites for hydroxylation is 1. The molecule has 1 atom stereocenters. The van der Waals surface area contributed by atoms with E-state index in [4.69, 9.17) is 0 Å². The van der Waals surface area contributed by atoms with Crippen molar-refractivity contribution in [1.82, 2.24) is 24.6 Å². The molecule has 0 unspecified atom stereocenters. The SMILES string of the molecule is Cc1cnn(C[C@H]2CCCN2C(=O)c2cnccn2)c1. The van der Waals surface area contributed by atoms with Gasteiger partial charge in [0.2, 0.25) is 0 Å². The molecule has 3 heterocycles. The topological polar surface area (TPSA) is 63.9 Å². The number of amides is 1. The predicted octanol–water partition coefficient (Wildman–Crippen LogP) is 1.29. The summed E-state index contributed by atoms with van der Waals surface area (Å²) in [7, 11) is 0. The summed E-state index contributed by atoms with van der Waals surface area (Å²) >= 11 is 0. The van der Waals surface area contributed by atoms with Crippen LogP contribution in [0.2, 0.25) is 0 Å². The second kappa shape index (κ2) is 5.40. The van der Waals surface area contributed by atoms with E-state index >= 15 is 0 Å². The molecule has 104 valence electrons. The number of carbonyl (C=O) groups is 1. The average Bonchev–Trinajstić information content (AvgIpc) is 3.09. The molecule has 20 heavy (non-hydrogen) atoms. The summed E-state index contributed by atoms with van der Waals surface area (Å²) in [5, 5.41) is 4.30. The lowest BCUT2D eigenvalue weighted by atomic mass is 10.2. The minimum absolute atomic E-state index is 0.0375. The van der Waals surface area contributed by atoms with Crippen LogP contribution < -0.4 is 0 Å². The normalized spacial score (nSPS) is 18.4. The van der Waals surface area contributed by atoms with Gasteiger partial charge in [0, 0.05) is 25.1 Å². The van der Waals surface area contributed by atoms with Gasteiger partial charge in [-0.2, -0.15) is 5.10 Å². The van der Waals surface area contributed by atoms with Gasteiger partial charge in [-0.1, -0.05) is 0 Å². The molecule has 1 saturated heterocycles. The van der Waals surface area contributed by atoms with Crippen molar-refractivity contribution in [2.45, 2.75) is 32.4 Å². The van der Waals surface area contributed by atoms with Crippen LogP contribution in [0.4, 0.5) is 0 Å². The molecule has 2 aromatic rings. The van der Waals surface area contributed by atoms with E-state index in [0.717, 1.165) is 31.5 Å². The molecule has 0 radical (unpaired) electrons. The van der Waals surface area contributed by atoms with E-state index in [-0.39, 0.29) is 11.9 Å². The Balaban J connectivity index is 1.74. The van der Waals surface area contributed by atoms with Gasteiger partial charge in [-0.25, -0.2) is 4.98 Å². The summed E-state index contributed by atoms with van der Waals surface area (Å²) in [6, 6.07) is 0.184.